The standard InChI is InChI=1S/C15H22N2O2S/c18-20(19,15-6-2-1-3-7-15)17-12-8-14(9-13-17)16-10-4-5-11-16/h1-3,6-7,14H,4-5,8-13H2. The smallest absolute Gasteiger partial charge is 0.243 e. The van der Waals surface area contributed by atoms with Gasteiger partial charge in [0.05, 0.1) is 4.90 Å². The maximum atomic E-state index is 12.5. The van der Waals surface area contributed by atoms with Gasteiger partial charge in [0.2, 0.25) is 10.0 Å². The molecule has 4 nitrogen and oxygen atoms in total. The number of piperidine rings is 1. The second kappa shape index (κ2) is 5.84. The van der Waals surface area contributed by atoms with E-state index in [2.05, 4.69) is 4.90 Å². The van der Waals surface area contributed by atoms with Crippen LogP contribution < -0.4 is 0 Å². The van der Waals surface area contributed by atoms with Crippen molar-refractivity contribution in [2.24, 2.45) is 0 Å². The summed E-state index contributed by atoms with van der Waals surface area (Å²) in [4.78, 5) is 2.95. The second-order valence-corrected chi connectivity index (χ2v) is 7.63. The molecule has 0 unspecified atom stereocenters. The second-order valence-electron chi connectivity index (χ2n) is 5.69. The van der Waals surface area contributed by atoms with Gasteiger partial charge in [-0.2, -0.15) is 4.31 Å². The predicted octanol–water partition coefficient (Wildman–Crippen LogP) is 1.94. The van der Waals surface area contributed by atoms with Gasteiger partial charge in [-0.25, -0.2) is 8.42 Å². The molecule has 0 radical (unpaired) electrons. The topological polar surface area (TPSA) is 40.6 Å². The predicted molar refractivity (Wildman–Crippen MR) is 79.0 cm³/mol. The van der Waals surface area contributed by atoms with Crippen molar-refractivity contribution in [1.29, 1.82) is 0 Å². The molecule has 0 aromatic heterocycles. The van der Waals surface area contributed by atoms with Crippen molar-refractivity contribution in [1.82, 2.24) is 9.21 Å². The van der Waals surface area contributed by atoms with E-state index in [4.69, 9.17) is 0 Å². The van der Waals surface area contributed by atoms with Crippen LogP contribution in [0.25, 0.3) is 0 Å². The molecule has 0 atom stereocenters. The molecule has 3 rings (SSSR count). The summed E-state index contributed by atoms with van der Waals surface area (Å²) >= 11 is 0. The molecule has 2 aliphatic rings. The van der Waals surface area contributed by atoms with Crippen LogP contribution >= 0.6 is 0 Å². The number of sulfonamides is 1. The van der Waals surface area contributed by atoms with Gasteiger partial charge in [-0.15, -0.1) is 0 Å². The average Bonchev–Trinajstić information content (AvgIpc) is 3.02. The Morgan fingerprint density at radius 2 is 1.50 bits per heavy atom. The van der Waals surface area contributed by atoms with E-state index in [1.807, 2.05) is 6.07 Å². The Morgan fingerprint density at radius 1 is 0.900 bits per heavy atom. The number of likely N-dealkylation sites (tertiary alicyclic amines) is 1. The molecular formula is C15H22N2O2S. The lowest BCUT2D eigenvalue weighted by molar-refractivity contribution is 0.168. The normalized spacial score (nSPS) is 23.2. The highest BCUT2D eigenvalue weighted by atomic mass is 32.2. The van der Waals surface area contributed by atoms with Gasteiger partial charge in [-0.3, -0.25) is 0 Å². The molecule has 2 aliphatic heterocycles. The number of hydrogen-bond donors (Lipinski definition) is 0. The van der Waals surface area contributed by atoms with Crippen molar-refractivity contribution < 1.29 is 8.42 Å². The van der Waals surface area contributed by atoms with Crippen LogP contribution in [0.3, 0.4) is 0 Å². The van der Waals surface area contributed by atoms with Crippen LogP contribution in [0.1, 0.15) is 25.7 Å². The highest BCUT2D eigenvalue weighted by molar-refractivity contribution is 7.89. The Balaban J connectivity index is 1.65. The SMILES string of the molecule is O=S(=O)(c1ccccc1)N1CCC(N2CCCC2)CC1. The highest BCUT2D eigenvalue weighted by Gasteiger charge is 2.32. The molecule has 0 aliphatic carbocycles. The number of benzene rings is 1. The van der Waals surface area contributed by atoms with Crippen molar-refractivity contribution in [2.75, 3.05) is 26.2 Å². The zero-order valence-corrected chi connectivity index (χ0v) is 12.6. The summed E-state index contributed by atoms with van der Waals surface area (Å²) < 4.78 is 26.7. The Kier molecular flexibility index (Phi) is 4.10. The summed E-state index contributed by atoms with van der Waals surface area (Å²) in [5.41, 5.74) is 0. The monoisotopic (exact) mass is 294 g/mol. The molecule has 0 saturated carbocycles. The molecule has 2 fully saturated rings. The van der Waals surface area contributed by atoms with E-state index in [0.717, 1.165) is 12.8 Å². The first-order chi connectivity index (χ1) is 9.68. The Morgan fingerprint density at radius 3 is 2.10 bits per heavy atom. The first-order valence-corrected chi connectivity index (χ1v) is 8.91. The van der Waals surface area contributed by atoms with Gasteiger partial charge in [-0.1, -0.05) is 18.2 Å². The summed E-state index contributed by atoms with van der Waals surface area (Å²) in [6, 6.07) is 9.36. The average molecular weight is 294 g/mol. The molecule has 0 N–H and O–H groups in total. The van der Waals surface area contributed by atoms with E-state index in [9.17, 15) is 8.42 Å². The summed E-state index contributed by atoms with van der Waals surface area (Å²) in [5.74, 6) is 0. The van der Waals surface area contributed by atoms with Gasteiger partial charge in [0.1, 0.15) is 0 Å². The Bertz CT molecular complexity index is 530. The summed E-state index contributed by atoms with van der Waals surface area (Å²) in [7, 11) is -3.29. The van der Waals surface area contributed by atoms with Gasteiger partial charge in [-0.05, 0) is 50.9 Å². The van der Waals surface area contributed by atoms with Crippen LogP contribution in [0.15, 0.2) is 35.2 Å². The van der Waals surface area contributed by atoms with Gasteiger partial charge in [0, 0.05) is 19.1 Å². The van der Waals surface area contributed by atoms with Crippen LogP contribution in [0.5, 0.6) is 0 Å². The molecule has 2 heterocycles. The van der Waals surface area contributed by atoms with E-state index >= 15 is 0 Å². The lowest BCUT2D eigenvalue weighted by Gasteiger charge is -2.36. The fourth-order valence-electron chi connectivity index (χ4n) is 3.30. The molecule has 20 heavy (non-hydrogen) atoms. The molecule has 0 bridgehead atoms. The maximum absolute atomic E-state index is 12.5. The quantitative estimate of drug-likeness (QED) is 0.855. The summed E-state index contributed by atoms with van der Waals surface area (Å²) in [6.07, 6.45) is 4.52. The largest absolute Gasteiger partial charge is 0.300 e. The van der Waals surface area contributed by atoms with E-state index in [1.165, 1.54) is 25.9 Å². The van der Waals surface area contributed by atoms with Crippen molar-refractivity contribution in [3.05, 3.63) is 30.3 Å². The van der Waals surface area contributed by atoms with Crippen molar-refractivity contribution in [3.8, 4) is 0 Å². The summed E-state index contributed by atoms with van der Waals surface area (Å²) in [6.45, 7) is 3.68. The van der Waals surface area contributed by atoms with Crippen LogP contribution in [0, 0.1) is 0 Å². The molecule has 1 aromatic rings. The van der Waals surface area contributed by atoms with Gasteiger partial charge < -0.3 is 4.90 Å². The first kappa shape index (κ1) is 14.0. The molecular weight excluding hydrogens is 272 g/mol. The molecule has 0 spiro atoms. The van der Waals surface area contributed by atoms with Gasteiger partial charge >= 0.3 is 0 Å². The highest BCUT2D eigenvalue weighted by Crippen LogP contribution is 2.25. The van der Waals surface area contributed by atoms with Crippen LogP contribution in [-0.4, -0.2) is 49.8 Å². The minimum absolute atomic E-state index is 0.416. The number of nitrogens with zero attached hydrogens (tertiary/aromatic N) is 2. The maximum Gasteiger partial charge on any atom is 0.243 e. The van der Waals surface area contributed by atoms with Crippen molar-refractivity contribution in [2.45, 2.75) is 36.6 Å². The first-order valence-electron chi connectivity index (χ1n) is 7.47. The zero-order valence-electron chi connectivity index (χ0n) is 11.7. The molecule has 2 saturated heterocycles. The van der Waals surface area contributed by atoms with E-state index < -0.39 is 10.0 Å². The van der Waals surface area contributed by atoms with Gasteiger partial charge in [0.15, 0.2) is 0 Å². The van der Waals surface area contributed by atoms with E-state index in [0.29, 0.717) is 24.0 Å². The molecule has 0 amide bonds. The third-order valence-electron chi connectivity index (χ3n) is 4.46. The van der Waals surface area contributed by atoms with Crippen molar-refractivity contribution >= 4 is 10.0 Å². The molecule has 1 aromatic carbocycles. The lowest BCUT2D eigenvalue weighted by Crippen LogP contribution is -2.45. The Hall–Kier alpha value is -0.910. The van der Waals surface area contributed by atoms with Crippen LogP contribution in [0.2, 0.25) is 0 Å². The fraction of sp³-hybridized carbons (Fsp3) is 0.600. The number of hydrogen-bond acceptors (Lipinski definition) is 3. The van der Waals surface area contributed by atoms with Gasteiger partial charge in [0.25, 0.3) is 0 Å². The Labute approximate surface area is 121 Å². The number of rotatable bonds is 3. The van der Waals surface area contributed by atoms with Crippen LogP contribution in [-0.2, 0) is 10.0 Å². The van der Waals surface area contributed by atoms with E-state index in [-0.39, 0.29) is 0 Å². The minimum Gasteiger partial charge on any atom is -0.300 e. The summed E-state index contributed by atoms with van der Waals surface area (Å²) in [5, 5.41) is 0. The lowest BCUT2D eigenvalue weighted by atomic mass is 10.1. The van der Waals surface area contributed by atoms with Crippen LogP contribution in [0.4, 0.5) is 0 Å². The van der Waals surface area contributed by atoms with Crippen molar-refractivity contribution in [3.63, 3.8) is 0 Å². The third kappa shape index (κ3) is 2.75. The molecule has 5 heteroatoms. The molecule has 110 valence electrons. The van der Waals surface area contributed by atoms with E-state index in [1.54, 1.807) is 28.6 Å². The third-order valence-corrected chi connectivity index (χ3v) is 6.37. The zero-order chi connectivity index (χ0) is 14.0. The minimum atomic E-state index is -3.29. The fourth-order valence-corrected chi connectivity index (χ4v) is 4.79.